The smallest absolute Gasteiger partial charge is 0.0826 e. The average Bonchev–Trinajstić information content (AvgIpc) is 1.83. The fourth-order valence-corrected chi connectivity index (χ4v) is 0.365. The van der Waals surface area contributed by atoms with E-state index in [0.29, 0.717) is 0 Å². The van der Waals surface area contributed by atoms with Crippen molar-refractivity contribution in [1.29, 1.82) is 0 Å². The van der Waals surface area contributed by atoms with Gasteiger partial charge < -0.3 is 0 Å². The molecular weight excluding hydrogens is 166 g/mol. The van der Waals surface area contributed by atoms with Crippen molar-refractivity contribution in [3.63, 3.8) is 0 Å². The lowest BCUT2D eigenvalue weighted by Gasteiger charge is -1.83. The second-order valence-electron chi connectivity index (χ2n) is 1.34. The first-order valence-electron chi connectivity index (χ1n) is 2.64. The Kier molecular flexibility index (Phi) is 4.97. The van der Waals surface area contributed by atoms with Crippen molar-refractivity contribution >= 4 is 20.6 Å². The summed E-state index contributed by atoms with van der Waals surface area (Å²) in [7, 11) is 0. The molecule has 0 N–H and O–H groups in total. The van der Waals surface area contributed by atoms with Crippen molar-refractivity contribution in [3.05, 3.63) is 12.3 Å². The van der Waals surface area contributed by atoms with Crippen LogP contribution in [0.4, 0.5) is 0 Å². The summed E-state index contributed by atoms with van der Waals surface area (Å²) in [5.41, 5.74) is 0. The minimum Gasteiger partial charge on any atom is -0.254 e. The quantitative estimate of drug-likeness (QED) is 0.573. The molecule has 0 unspecified atom stereocenters. The Morgan fingerprint density at radius 3 is 2.75 bits per heavy atom. The lowest BCUT2D eigenvalue weighted by Crippen LogP contribution is -1.76. The van der Waals surface area contributed by atoms with E-state index in [1.165, 1.54) is 0 Å². The summed E-state index contributed by atoms with van der Waals surface area (Å²) in [6.45, 7) is 4.00. The highest BCUT2D eigenvalue weighted by Crippen LogP contribution is 1.94. The molecule has 46 valence electrons. The fraction of sp³-hybridized carbons (Fsp3) is 0.500. The first-order valence-corrected chi connectivity index (χ1v) is 3.44. The topological polar surface area (TPSA) is 12.4 Å². The summed E-state index contributed by atoms with van der Waals surface area (Å²) in [5, 5.41) is 0. The van der Waals surface area contributed by atoms with Crippen LogP contribution in [0.25, 0.3) is 0 Å². The zero-order valence-corrected chi connectivity index (χ0v) is 6.77. The van der Waals surface area contributed by atoms with E-state index in [2.05, 4.69) is 27.8 Å². The highest BCUT2D eigenvalue weighted by atomic mass is 79.9. The summed E-state index contributed by atoms with van der Waals surface area (Å²) < 4.78 is 0.996. The normalized spacial score (nSPS) is 13.1. The first-order chi connectivity index (χ1) is 3.81. The van der Waals surface area contributed by atoms with Gasteiger partial charge in [0.2, 0.25) is 0 Å². The summed E-state index contributed by atoms with van der Waals surface area (Å²) in [6.07, 6.45) is 4.63. The lowest BCUT2D eigenvalue weighted by atomic mass is 10.5. The molecule has 0 saturated heterocycles. The van der Waals surface area contributed by atoms with Crippen LogP contribution in [0.3, 0.4) is 0 Å². The molecule has 0 aromatic heterocycles. The first kappa shape index (κ1) is 7.89. The van der Waals surface area contributed by atoms with Gasteiger partial charge in [0.25, 0.3) is 0 Å². The predicted molar refractivity (Wildman–Crippen MR) is 41.5 cm³/mol. The number of rotatable bonds is 2. The van der Waals surface area contributed by atoms with Gasteiger partial charge in [0, 0.05) is 6.20 Å². The molecule has 0 fully saturated rings. The van der Waals surface area contributed by atoms with Gasteiger partial charge in [-0.05, 0) is 29.3 Å². The molecule has 2 heteroatoms. The Balaban J connectivity index is 3.57. The van der Waals surface area contributed by atoms with Crippen LogP contribution in [0.15, 0.2) is 17.3 Å². The van der Waals surface area contributed by atoms with Gasteiger partial charge in [0.1, 0.15) is 0 Å². The van der Waals surface area contributed by atoms with Crippen LogP contribution >= 0.6 is 15.9 Å². The van der Waals surface area contributed by atoms with Gasteiger partial charge in [0.05, 0.1) is 4.62 Å². The molecule has 0 radical (unpaired) electrons. The Labute approximate surface area is 58.6 Å². The van der Waals surface area contributed by atoms with E-state index in [4.69, 9.17) is 0 Å². The van der Waals surface area contributed by atoms with Crippen LogP contribution < -0.4 is 0 Å². The van der Waals surface area contributed by atoms with Crippen LogP contribution in [0.5, 0.6) is 0 Å². The molecule has 0 spiro atoms. The molecule has 0 atom stereocenters. The van der Waals surface area contributed by atoms with Gasteiger partial charge in [0.15, 0.2) is 0 Å². The maximum Gasteiger partial charge on any atom is 0.0826 e. The average molecular weight is 176 g/mol. The van der Waals surface area contributed by atoms with Crippen molar-refractivity contribution in [1.82, 2.24) is 0 Å². The molecule has 0 bridgehead atoms. The fourth-order valence-electron chi connectivity index (χ4n) is 0.247. The SMILES string of the molecule is C/C=C\N=C(\Br)CC. The van der Waals surface area contributed by atoms with E-state index in [9.17, 15) is 0 Å². The summed E-state index contributed by atoms with van der Waals surface area (Å²) in [5.74, 6) is 0. The van der Waals surface area contributed by atoms with Gasteiger partial charge in [-0.15, -0.1) is 0 Å². The number of allylic oxidation sites excluding steroid dienone is 1. The molecule has 0 saturated carbocycles. The van der Waals surface area contributed by atoms with E-state index >= 15 is 0 Å². The second-order valence-corrected chi connectivity index (χ2v) is 2.26. The molecule has 0 heterocycles. The minimum atomic E-state index is 0.963. The number of aliphatic imine (C=N–C) groups is 1. The molecule has 0 rings (SSSR count). The highest BCUT2D eigenvalue weighted by Gasteiger charge is 1.80. The van der Waals surface area contributed by atoms with E-state index in [1.54, 1.807) is 6.20 Å². The van der Waals surface area contributed by atoms with Gasteiger partial charge in [-0.25, -0.2) is 0 Å². The molecule has 0 aliphatic carbocycles. The molecule has 0 aromatic carbocycles. The van der Waals surface area contributed by atoms with Gasteiger partial charge in [-0.3, -0.25) is 4.99 Å². The molecule has 1 nitrogen and oxygen atoms in total. The summed E-state index contributed by atoms with van der Waals surface area (Å²) in [6, 6.07) is 0. The third-order valence-corrected chi connectivity index (χ3v) is 1.42. The maximum absolute atomic E-state index is 4.01. The summed E-state index contributed by atoms with van der Waals surface area (Å²) in [4.78, 5) is 4.01. The predicted octanol–water partition coefficient (Wildman–Crippen LogP) is 2.72. The van der Waals surface area contributed by atoms with Crippen LogP contribution in [-0.2, 0) is 0 Å². The molecule has 0 aliphatic heterocycles. The number of hydrogen-bond acceptors (Lipinski definition) is 1. The third kappa shape index (κ3) is 4.06. The molecule has 0 aromatic rings. The molecule has 0 aliphatic rings. The Hall–Kier alpha value is -0.110. The number of hydrogen-bond donors (Lipinski definition) is 0. The molecule has 8 heavy (non-hydrogen) atoms. The van der Waals surface area contributed by atoms with Crippen molar-refractivity contribution in [2.45, 2.75) is 20.3 Å². The van der Waals surface area contributed by atoms with Crippen LogP contribution in [0.1, 0.15) is 20.3 Å². The second kappa shape index (κ2) is 5.04. The minimum absolute atomic E-state index is 0.963. The van der Waals surface area contributed by atoms with E-state index < -0.39 is 0 Å². The van der Waals surface area contributed by atoms with Crippen LogP contribution in [0, 0.1) is 0 Å². The van der Waals surface area contributed by atoms with E-state index in [-0.39, 0.29) is 0 Å². The Morgan fingerprint density at radius 1 is 1.75 bits per heavy atom. The lowest BCUT2D eigenvalue weighted by molar-refractivity contribution is 1.30. The van der Waals surface area contributed by atoms with Crippen molar-refractivity contribution in [3.8, 4) is 0 Å². The van der Waals surface area contributed by atoms with Crippen LogP contribution in [0.2, 0.25) is 0 Å². The van der Waals surface area contributed by atoms with Gasteiger partial charge in [-0.1, -0.05) is 13.0 Å². The Morgan fingerprint density at radius 2 is 2.38 bits per heavy atom. The van der Waals surface area contributed by atoms with Crippen molar-refractivity contribution in [2.75, 3.05) is 0 Å². The van der Waals surface area contributed by atoms with Crippen molar-refractivity contribution in [2.24, 2.45) is 4.99 Å². The highest BCUT2D eigenvalue weighted by molar-refractivity contribution is 9.18. The molecule has 0 amide bonds. The molecular formula is C6H10BrN. The van der Waals surface area contributed by atoms with E-state index in [1.807, 2.05) is 13.0 Å². The Bertz CT molecular complexity index is 105. The largest absolute Gasteiger partial charge is 0.254 e. The zero-order valence-electron chi connectivity index (χ0n) is 5.19. The number of halogens is 1. The van der Waals surface area contributed by atoms with Crippen LogP contribution in [-0.4, -0.2) is 4.62 Å². The number of nitrogens with zero attached hydrogens (tertiary/aromatic N) is 1. The third-order valence-electron chi connectivity index (χ3n) is 0.655. The van der Waals surface area contributed by atoms with Gasteiger partial charge >= 0.3 is 0 Å². The summed E-state index contributed by atoms with van der Waals surface area (Å²) >= 11 is 3.28. The van der Waals surface area contributed by atoms with E-state index in [0.717, 1.165) is 11.0 Å². The maximum atomic E-state index is 4.01. The zero-order chi connectivity index (χ0) is 6.41. The monoisotopic (exact) mass is 175 g/mol. The van der Waals surface area contributed by atoms with Gasteiger partial charge in [-0.2, -0.15) is 0 Å². The standard InChI is InChI=1S/C6H10BrN/c1-3-5-8-6(7)4-2/h3,5H,4H2,1-2H3/b5-3-,8-6+. The van der Waals surface area contributed by atoms with Crippen molar-refractivity contribution < 1.29 is 0 Å².